The molecule has 0 radical (unpaired) electrons. The smallest absolute Gasteiger partial charge is 0.250 e. The molecule has 0 N–H and O–H groups in total. The maximum atomic E-state index is 13.8. The molecule has 7 heteroatoms. The molecule has 1 atom stereocenters. The molecule has 0 spiro atoms. The second-order valence-corrected chi connectivity index (χ2v) is 9.53. The van der Waals surface area contributed by atoms with Crippen molar-refractivity contribution in [1.29, 1.82) is 0 Å². The highest BCUT2D eigenvalue weighted by atomic mass is 32.1. The molecule has 2 amide bonds. The van der Waals surface area contributed by atoms with Crippen molar-refractivity contribution >= 4 is 23.2 Å². The average Bonchev–Trinajstić information content (AvgIpc) is 3.30. The molecule has 1 aliphatic carbocycles. The Labute approximate surface area is 187 Å². The number of ether oxygens (including phenoxy) is 2. The Balaban J connectivity index is 1.69. The highest BCUT2D eigenvalue weighted by Gasteiger charge is 2.43. The van der Waals surface area contributed by atoms with Crippen LogP contribution < -0.4 is 9.47 Å². The Bertz CT molecular complexity index is 922. The first-order valence-corrected chi connectivity index (χ1v) is 11.7. The van der Waals surface area contributed by atoms with Crippen molar-refractivity contribution in [2.24, 2.45) is 5.92 Å². The van der Waals surface area contributed by atoms with Gasteiger partial charge in [-0.3, -0.25) is 9.59 Å². The summed E-state index contributed by atoms with van der Waals surface area (Å²) in [6, 6.07) is 8.94. The summed E-state index contributed by atoms with van der Waals surface area (Å²) >= 11 is 1.60. The third-order valence-corrected chi connectivity index (χ3v) is 7.37. The number of hydrogen-bond donors (Lipinski definition) is 0. The fourth-order valence-corrected chi connectivity index (χ4v) is 5.41. The van der Waals surface area contributed by atoms with Crippen LogP contribution >= 0.6 is 11.3 Å². The van der Waals surface area contributed by atoms with Gasteiger partial charge < -0.3 is 19.3 Å². The van der Waals surface area contributed by atoms with E-state index >= 15 is 0 Å². The summed E-state index contributed by atoms with van der Waals surface area (Å²) in [6.07, 6.45) is 4.12. The van der Waals surface area contributed by atoms with Gasteiger partial charge in [0.05, 0.1) is 20.8 Å². The number of benzene rings is 1. The van der Waals surface area contributed by atoms with E-state index in [0.717, 1.165) is 36.1 Å². The van der Waals surface area contributed by atoms with Crippen molar-refractivity contribution in [3.8, 4) is 11.5 Å². The number of carbonyl (C=O) groups excluding carboxylic acids is 2. The van der Waals surface area contributed by atoms with Gasteiger partial charge in [0.1, 0.15) is 12.6 Å². The molecule has 1 aromatic heterocycles. The van der Waals surface area contributed by atoms with Crippen LogP contribution in [0.5, 0.6) is 11.5 Å². The Morgan fingerprint density at radius 3 is 2.42 bits per heavy atom. The van der Waals surface area contributed by atoms with Gasteiger partial charge in [0, 0.05) is 10.9 Å². The van der Waals surface area contributed by atoms with Gasteiger partial charge in [-0.2, -0.15) is 0 Å². The Morgan fingerprint density at radius 1 is 1.03 bits per heavy atom. The molecule has 0 bridgehead atoms. The van der Waals surface area contributed by atoms with Gasteiger partial charge in [-0.25, -0.2) is 0 Å². The van der Waals surface area contributed by atoms with E-state index in [4.69, 9.17) is 9.47 Å². The number of hydrogen-bond acceptors (Lipinski definition) is 5. The largest absolute Gasteiger partial charge is 0.493 e. The summed E-state index contributed by atoms with van der Waals surface area (Å²) in [6.45, 7) is 2.85. The molecule has 2 aliphatic rings. The van der Waals surface area contributed by atoms with Crippen LogP contribution in [0.2, 0.25) is 0 Å². The lowest BCUT2D eigenvalue weighted by atomic mass is 9.85. The van der Waals surface area contributed by atoms with Crippen molar-refractivity contribution in [2.75, 3.05) is 20.8 Å². The van der Waals surface area contributed by atoms with Gasteiger partial charge in [-0.05, 0) is 60.7 Å². The Hall–Kier alpha value is -2.54. The summed E-state index contributed by atoms with van der Waals surface area (Å²) < 4.78 is 10.8. The van der Waals surface area contributed by atoms with Crippen molar-refractivity contribution in [2.45, 2.75) is 51.2 Å². The first-order valence-electron chi connectivity index (χ1n) is 10.9. The average molecular weight is 443 g/mol. The lowest BCUT2D eigenvalue weighted by molar-refractivity contribution is -0.160. The standard InChI is InChI=1S/C24H30N2O4S/c1-16-6-9-18(10-7-16)25-15-22(27)26(14-19-5-4-12-31-19)23(24(25)28)17-8-11-20(29-2)21(13-17)30-3/h4-5,8,11-13,16,18,23H,6-7,9-10,14-15H2,1-3H3/t16?,18?,23-/m0/s1. The fourth-order valence-electron chi connectivity index (χ4n) is 4.71. The molecular weight excluding hydrogens is 412 g/mol. The summed E-state index contributed by atoms with van der Waals surface area (Å²) in [5, 5.41) is 1.99. The van der Waals surface area contributed by atoms with E-state index in [9.17, 15) is 9.59 Å². The summed E-state index contributed by atoms with van der Waals surface area (Å²) in [7, 11) is 3.16. The number of piperazine rings is 1. The quantitative estimate of drug-likeness (QED) is 0.671. The minimum atomic E-state index is -0.664. The maximum Gasteiger partial charge on any atom is 0.250 e. The second kappa shape index (κ2) is 9.30. The van der Waals surface area contributed by atoms with E-state index in [1.165, 1.54) is 0 Å². The monoisotopic (exact) mass is 442 g/mol. The Kier molecular flexibility index (Phi) is 6.51. The van der Waals surface area contributed by atoms with Crippen LogP contribution in [0, 0.1) is 5.92 Å². The van der Waals surface area contributed by atoms with Crippen LogP contribution in [0.3, 0.4) is 0 Å². The molecule has 2 aromatic rings. The van der Waals surface area contributed by atoms with Crippen molar-refractivity contribution in [1.82, 2.24) is 9.80 Å². The number of nitrogens with zero attached hydrogens (tertiary/aromatic N) is 2. The number of thiophene rings is 1. The summed E-state index contributed by atoms with van der Waals surface area (Å²) in [4.78, 5) is 31.7. The van der Waals surface area contributed by atoms with Gasteiger partial charge in [-0.15, -0.1) is 11.3 Å². The van der Waals surface area contributed by atoms with Crippen LogP contribution in [0.1, 0.15) is 49.1 Å². The molecule has 2 fully saturated rings. The molecule has 1 saturated carbocycles. The van der Waals surface area contributed by atoms with Gasteiger partial charge in [0.2, 0.25) is 5.91 Å². The molecule has 4 rings (SSSR count). The van der Waals surface area contributed by atoms with Gasteiger partial charge >= 0.3 is 0 Å². The topological polar surface area (TPSA) is 59.1 Å². The molecular formula is C24H30N2O4S. The van der Waals surface area contributed by atoms with E-state index in [1.54, 1.807) is 36.5 Å². The van der Waals surface area contributed by atoms with Crippen molar-refractivity contribution in [3.05, 3.63) is 46.2 Å². The molecule has 166 valence electrons. The highest BCUT2D eigenvalue weighted by molar-refractivity contribution is 7.09. The van der Waals surface area contributed by atoms with Crippen LogP contribution in [0.25, 0.3) is 0 Å². The zero-order chi connectivity index (χ0) is 22.0. The minimum absolute atomic E-state index is 0.00271. The molecule has 1 aliphatic heterocycles. The number of methoxy groups -OCH3 is 2. The van der Waals surface area contributed by atoms with Gasteiger partial charge in [-0.1, -0.05) is 19.1 Å². The summed E-state index contributed by atoms with van der Waals surface area (Å²) in [5.74, 6) is 1.84. The van der Waals surface area contributed by atoms with Crippen molar-refractivity contribution < 1.29 is 19.1 Å². The van der Waals surface area contributed by atoms with Crippen molar-refractivity contribution in [3.63, 3.8) is 0 Å². The molecule has 2 heterocycles. The first-order chi connectivity index (χ1) is 15.0. The first kappa shape index (κ1) is 21.7. The third-order valence-electron chi connectivity index (χ3n) is 6.51. The van der Waals surface area contributed by atoms with Crippen LogP contribution in [-0.4, -0.2) is 48.4 Å². The predicted octanol–water partition coefficient (Wildman–Crippen LogP) is 4.26. The minimum Gasteiger partial charge on any atom is -0.493 e. The van der Waals surface area contributed by atoms with Gasteiger partial charge in [0.25, 0.3) is 5.91 Å². The van der Waals surface area contributed by atoms with E-state index in [1.807, 2.05) is 34.5 Å². The lowest BCUT2D eigenvalue weighted by Gasteiger charge is -2.45. The fraction of sp³-hybridized carbons (Fsp3) is 0.500. The second-order valence-electron chi connectivity index (χ2n) is 8.50. The maximum absolute atomic E-state index is 13.8. The van der Waals surface area contributed by atoms with E-state index < -0.39 is 6.04 Å². The van der Waals surface area contributed by atoms with Crippen LogP contribution in [-0.2, 0) is 16.1 Å². The van der Waals surface area contributed by atoms with Crippen LogP contribution in [0.15, 0.2) is 35.7 Å². The van der Waals surface area contributed by atoms with Crippen LogP contribution in [0.4, 0.5) is 0 Å². The molecule has 31 heavy (non-hydrogen) atoms. The zero-order valence-electron chi connectivity index (χ0n) is 18.4. The Morgan fingerprint density at radius 2 is 1.77 bits per heavy atom. The molecule has 0 unspecified atom stereocenters. The summed E-state index contributed by atoms with van der Waals surface area (Å²) in [5.41, 5.74) is 0.751. The van der Waals surface area contributed by atoms with E-state index in [-0.39, 0.29) is 24.4 Å². The zero-order valence-corrected chi connectivity index (χ0v) is 19.2. The third kappa shape index (κ3) is 4.42. The SMILES string of the molecule is COc1ccc([C@H]2C(=O)N(C3CCC(C)CC3)CC(=O)N2Cc2cccs2)cc1OC. The number of rotatable bonds is 6. The molecule has 1 saturated heterocycles. The lowest BCUT2D eigenvalue weighted by Crippen LogP contribution is -2.58. The van der Waals surface area contributed by atoms with E-state index in [0.29, 0.717) is 24.0 Å². The van der Waals surface area contributed by atoms with Gasteiger partial charge in [0.15, 0.2) is 11.5 Å². The highest BCUT2D eigenvalue weighted by Crippen LogP contribution is 2.37. The number of carbonyl (C=O) groups is 2. The predicted molar refractivity (Wildman–Crippen MR) is 120 cm³/mol. The number of amides is 2. The van der Waals surface area contributed by atoms with E-state index in [2.05, 4.69) is 6.92 Å². The molecule has 6 nitrogen and oxygen atoms in total. The normalized spacial score (nSPS) is 24.4. The molecule has 1 aromatic carbocycles.